The monoisotopic (exact) mass is 294 g/mol. The molecule has 0 bridgehead atoms. The largest absolute Gasteiger partial charge is 0.481 e. The Kier molecular flexibility index (Phi) is 4.68. The van der Waals surface area contributed by atoms with Crippen molar-refractivity contribution in [2.75, 3.05) is 0 Å². The fraction of sp³-hybridized carbons (Fsp3) is 0.385. The highest BCUT2D eigenvalue weighted by Crippen LogP contribution is 2.25. The Morgan fingerprint density at radius 3 is 2.70 bits per heavy atom. The van der Waals surface area contributed by atoms with Gasteiger partial charge in [-0.1, -0.05) is 24.9 Å². The molecule has 1 aromatic carbocycles. The van der Waals surface area contributed by atoms with Crippen molar-refractivity contribution in [2.45, 2.75) is 32.2 Å². The number of carbonyl (C=O) groups is 1. The standard InChI is InChI=1S/C13H15ClN4O2/c1-2-3-11(8-12(19)20)18-13(15-16-17-18)9-4-6-10(14)7-5-9/h4-7,11H,2-3,8H2,1H3,(H,19,20). The first-order valence-electron chi connectivity index (χ1n) is 6.37. The number of hydrogen-bond acceptors (Lipinski definition) is 4. The average Bonchev–Trinajstić information content (AvgIpc) is 2.88. The highest BCUT2D eigenvalue weighted by molar-refractivity contribution is 6.30. The zero-order valence-electron chi connectivity index (χ0n) is 11.0. The lowest BCUT2D eigenvalue weighted by Gasteiger charge is -2.15. The van der Waals surface area contributed by atoms with Crippen LogP contribution in [-0.4, -0.2) is 31.3 Å². The van der Waals surface area contributed by atoms with E-state index in [1.165, 1.54) is 0 Å². The lowest BCUT2D eigenvalue weighted by atomic mass is 10.1. The van der Waals surface area contributed by atoms with E-state index in [-0.39, 0.29) is 12.5 Å². The number of tetrazole rings is 1. The number of benzene rings is 1. The fourth-order valence-electron chi connectivity index (χ4n) is 2.07. The van der Waals surface area contributed by atoms with Gasteiger partial charge < -0.3 is 5.11 Å². The van der Waals surface area contributed by atoms with Crippen LogP contribution < -0.4 is 0 Å². The Hall–Kier alpha value is -1.95. The van der Waals surface area contributed by atoms with Crippen LogP contribution in [-0.2, 0) is 4.79 Å². The van der Waals surface area contributed by atoms with Gasteiger partial charge in [-0.25, -0.2) is 4.68 Å². The maximum Gasteiger partial charge on any atom is 0.305 e. The van der Waals surface area contributed by atoms with Crippen LogP contribution in [0.5, 0.6) is 0 Å². The molecule has 0 aliphatic carbocycles. The van der Waals surface area contributed by atoms with Crippen molar-refractivity contribution in [1.82, 2.24) is 20.2 Å². The van der Waals surface area contributed by atoms with Gasteiger partial charge in [0.2, 0.25) is 0 Å². The zero-order chi connectivity index (χ0) is 14.5. The molecule has 7 heteroatoms. The molecule has 0 saturated heterocycles. The van der Waals surface area contributed by atoms with E-state index < -0.39 is 5.97 Å². The molecule has 6 nitrogen and oxygen atoms in total. The van der Waals surface area contributed by atoms with Crippen molar-refractivity contribution < 1.29 is 9.90 Å². The van der Waals surface area contributed by atoms with Gasteiger partial charge >= 0.3 is 5.97 Å². The summed E-state index contributed by atoms with van der Waals surface area (Å²) in [7, 11) is 0. The van der Waals surface area contributed by atoms with Crippen molar-refractivity contribution in [1.29, 1.82) is 0 Å². The molecule has 0 aliphatic rings. The summed E-state index contributed by atoms with van der Waals surface area (Å²) in [5.74, 6) is -0.303. The van der Waals surface area contributed by atoms with Crippen molar-refractivity contribution >= 4 is 17.6 Å². The van der Waals surface area contributed by atoms with Crippen molar-refractivity contribution in [3.63, 3.8) is 0 Å². The SMILES string of the molecule is CCCC(CC(=O)O)n1nnnc1-c1ccc(Cl)cc1. The Morgan fingerprint density at radius 2 is 2.10 bits per heavy atom. The third-order valence-electron chi connectivity index (χ3n) is 2.97. The third-order valence-corrected chi connectivity index (χ3v) is 3.23. The van der Waals surface area contributed by atoms with E-state index in [0.29, 0.717) is 17.3 Å². The van der Waals surface area contributed by atoms with E-state index in [1.807, 2.05) is 19.1 Å². The Balaban J connectivity index is 2.34. The molecule has 1 atom stereocenters. The molecule has 20 heavy (non-hydrogen) atoms. The van der Waals surface area contributed by atoms with E-state index in [9.17, 15) is 4.79 Å². The average molecular weight is 295 g/mol. The maximum atomic E-state index is 11.0. The molecule has 0 spiro atoms. The Bertz CT molecular complexity index is 582. The lowest BCUT2D eigenvalue weighted by molar-refractivity contribution is -0.138. The summed E-state index contributed by atoms with van der Waals surface area (Å²) in [5.41, 5.74) is 0.811. The van der Waals surface area contributed by atoms with Crippen molar-refractivity contribution in [3.8, 4) is 11.4 Å². The number of carboxylic acid groups (broad SMARTS) is 1. The molecule has 1 unspecified atom stereocenters. The number of nitrogens with zero attached hydrogens (tertiary/aromatic N) is 4. The molecule has 0 amide bonds. The highest BCUT2D eigenvalue weighted by Gasteiger charge is 2.20. The number of rotatable bonds is 6. The summed E-state index contributed by atoms with van der Waals surface area (Å²) in [4.78, 5) is 11.0. The molecule has 0 fully saturated rings. The molecular formula is C13H15ClN4O2. The van der Waals surface area contributed by atoms with E-state index in [2.05, 4.69) is 15.5 Å². The summed E-state index contributed by atoms with van der Waals surface area (Å²) < 4.78 is 1.58. The predicted octanol–water partition coefficient (Wildman–Crippen LogP) is 2.81. The van der Waals surface area contributed by atoms with Gasteiger partial charge in [-0.05, 0) is 41.1 Å². The van der Waals surface area contributed by atoms with Crippen LogP contribution in [0.1, 0.15) is 32.2 Å². The zero-order valence-corrected chi connectivity index (χ0v) is 11.8. The van der Waals surface area contributed by atoms with Crippen molar-refractivity contribution in [3.05, 3.63) is 29.3 Å². The fourth-order valence-corrected chi connectivity index (χ4v) is 2.20. The summed E-state index contributed by atoms with van der Waals surface area (Å²) in [6.45, 7) is 2.00. The number of aliphatic carboxylic acids is 1. The molecule has 2 aromatic rings. The third kappa shape index (κ3) is 3.33. The van der Waals surface area contributed by atoms with Crippen LogP contribution in [0, 0.1) is 0 Å². The van der Waals surface area contributed by atoms with E-state index in [0.717, 1.165) is 12.0 Å². The number of halogens is 1. The van der Waals surface area contributed by atoms with Crippen LogP contribution in [0.3, 0.4) is 0 Å². The smallest absolute Gasteiger partial charge is 0.305 e. The minimum atomic E-state index is -0.860. The molecule has 2 rings (SSSR count). The van der Waals surface area contributed by atoms with Crippen LogP contribution >= 0.6 is 11.6 Å². The highest BCUT2D eigenvalue weighted by atomic mass is 35.5. The van der Waals surface area contributed by atoms with E-state index >= 15 is 0 Å². The van der Waals surface area contributed by atoms with Gasteiger partial charge in [0.1, 0.15) is 0 Å². The Labute approximate surface area is 121 Å². The second-order valence-electron chi connectivity index (χ2n) is 4.49. The van der Waals surface area contributed by atoms with Gasteiger partial charge in [-0.3, -0.25) is 4.79 Å². The topological polar surface area (TPSA) is 80.9 Å². The second-order valence-corrected chi connectivity index (χ2v) is 4.93. The molecule has 0 aliphatic heterocycles. The minimum absolute atomic E-state index is 0.000526. The van der Waals surface area contributed by atoms with E-state index in [4.69, 9.17) is 16.7 Å². The summed E-state index contributed by atoms with van der Waals surface area (Å²) in [6, 6.07) is 6.88. The van der Waals surface area contributed by atoms with Crippen LogP contribution in [0.4, 0.5) is 0 Å². The molecule has 1 aromatic heterocycles. The number of carboxylic acids is 1. The quantitative estimate of drug-likeness (QED) is 0.886. The van der Waals surface area contributed by atoms with Gasteiger partial charge in [0, 0.05) is 10.6 Å². The summed E-state index contributed by atoms with van der Waals surface area (Å²) >= 11 is 5.86. The van der Waals surface area contributed by atoms with E-state index in [1.54, 1.807) is 16.8 Å². The molecule has 0 radical (unpaired) electrons. The molecule has 106 valence electrons. The number of hydrogen-bond donors (Lipinski definition) is 1. The predicted molar refractivity (Wildman–Crippen MR) is 74.5 cm³/mol. The van der Waals surface area contributed by atoms with Gasteiger partial charge in [0.15, 0.2) is 5.82 Å². The molecule has 1 N–H and O–H groups in total. The first-order chi connectivity index (χ1) is 9.61. The normalized spacial score (nSPS) is 12.3. The van der Waals surface area contributed by atoms with Gasteiger partial charge in [0.05, 0.1) is 12.5 Å². The minimum Gasteiger partial charge on any atom is -0.481 e. The second kappa shape index (κ2) is 6.47. The van der Waals surface area contributed by atoms with Crippen molar-refractivity contribution in [2.24, 2.45) is 0 Å². The molecular weight excluding hydrogens is 280 g/mol. The van der Waals surface area contributed by atoms with Gasteiger partial charge in [0.25, 0.3) is 0 Å². The summed E-state index contributed by atoms with van der Waals surface area (Å²) in [6.07, 6.45) is 1.56. The summed E-state index contributed by atoms with van der Waals surface area (Å²) in [5, 5.41) is 21.2. The molecule has 1 heterocycles. The lowest BCUT2D eigenvalue weighted by Crippen LogP contribution is -2.16. The molecule has 0 saturated carbocycles. The Morgan fingerprint density at radius 1 is 1.40 bits per heavy atom. The van der Waals surface area contributed by atoms with Crippen LogP contribution in [0.25, 0.3) is 11.4 Å². The van der Waals surface area contributed by atoms with Gasteiger partial charge in [-0.15, -0.1) is 5.10 Å². The first-order valence-corrected chi connectivity index (χ1v) is 6.75. The maximum absolute atomic E-state index is 11.0. The van der Waals surface area contributed by atoms with Crippen LogP contribution in [0.15, 0.2) is 24.3 Å². The van der Waals surface area contributed by atoms with Gasteiger partial charge in [-0.2, -0.15) is 0 Å². The first kappa shape index (κ1) is 14.5. The number of aromatic nitrogens is 4. The van der Waals surface area contributed by atoms with Crippen LogP contribution in [0.2, 0.25) is 5.02 Å².